The number of nitrogens with one attached hydrogen (secondary N) is 1. The fourth-order valence-electron chi connectivity index (χ4n) is 3.55. The normalized spacial score (nSPS) is 17.0. The fraction of sp³-hybridized carbons (Fsp3) is 0.522. The summed E-state index contributed by atoms with van der Waals surface area (Å²) >= 11 is 1.59. The number of nitrogens with zero attached hydrogens (tertiary/aromatic N) is 4. The van der Waals surface area contributed by atoms with E-state index in [2.05, 4.69) is 27.1 Å². The predicted molar refractivity (Wildman–Crippen MR) is 124 cm³/mol. The second-order valence-corrected chi connectivity index (χ2v) is 9.31. The lowest BCUT2D eigenvalue weighted by molar-refractivity contribution is 0.0951. The van der Waals surface area contributed by atoms with Crippen LogP contribution in [-0.4, -0.2) is 67.7 Å². The van der Waals surface area contributed by atoms with Gasteiger partial charge in [-0.05, 0) is 43.5 Å². The van der Waals surface area contributed by atoms with Crippen LogP contribution in [0.1, 0.15) is 34.5 Å². The van der Waals surface area contributed by atoms with Gasteiger partial charge in [-0.25, -0.2) is 9.97 Å². The van der Waals surface area contributed by atoms with E-state index in [0.717, 1.165) is 55.0 Å². The van der Waals surface area contributed by atoms with Gasteiger partial charge >= 0.3 is 0 Å². The quantitative estimate of drug-likeness (QED) is 0.474. The van der Waals surface area contributed by atoms with Gasteiger partial charge in [0, 0.05) is 57.2 Å². The summed E-state index contributed by atoms with van der Waals surface area (Å²) in [4.78, 5) is 26.5. The molecule has 2 heterocycles. The third-order valence-electron chi connectivity index (χ3n) is 5.67. The number of hydrogen-bond acceptors (Lipinski definition) is 7. The lowest BCUT2D eigenvalue weighted by Gasteiger charge is -2.33. The van der Waals surface area contributed by atoms with E-state index in [1.807, 2.05) is 30.3 Å². The van der Waals surface area contributed by atoms with E-state index in [1.165, 1.54) is 12.8 Å². The summed E-state index contributed by atoms with van der Waals surface area (Å²) in [6, 6.07) is 9.86. The van der Waals surface area contributed by atoms with Crippen LogP contribution in [0.15, 0.2) is 35.5 Å². The summed E-state index contributed by atoms with van der Waals surface area (Å²) in [7, 11) is 3.83. The van der Waals surface area contributed by atoms with E-state index < -0.39 is 0 Å². The molecule has 0 radical (unpaired) electrons. The number of amides is 1. The van der Waals surface area contributed by atoms with Gasteiger partial charge in [0.15, 0.2) is 5.16 Å². The number of carbonyl (C=O) groups is 1. The number of ether oxygens (including phenoxy) is 1. The number of thioether (sulfide) groups is 1. The molecule has 0 atom stereocenters. The Hall–Kier alpha value is -2.16. The van der Waals surface area contributed by atoms with Crippen molar-refractivity contribution >= 4 is 23.5 Å². The summed E-state index contributed by atoms with van der Waals surface area (Å²) in [6.07, 6.45) is 2.46. The summed E-state index contributed by atoms with van der Waals surface area (Å²) < 4.78 is 5.32. The Balaban J connectivity index is 1.42. The van der Waals surface area contributed by atoms with E-state index in [9.17, 15) is 4.79 Å². The molecule has 2 aliphatic rings. The van der Waals surface area contributed by atoms with E-state index in [1.54, 1.807) is 18.9 Å². The number of likely N-dealkylation sites (N-methyl/N-ethyl adjacent to an activating group) is 1. The lowest BCUT2D eigenvalue weighted by Crippen LogP contribution is -2.44. The largest absolute Gasteiger partial charge is 0.378 e. The zero-order valence-corrected chi connectivity index (χ0v) is 19.2. The molecule has 2 fully saturated rings. The van der Waals surface area contributed by atoms with Crippen molar-refractivity contribution < 1.29 is 9.53 Å². The molecule has 1 saturated heterocycles. The molecular formula is C23H31N5O2S. The Morgan fingerprint density at radius 3 is 2.74 bits per heavy atom. The molecule has 0 unspecified atom stereocenters. The minimum Gasteiger partial charge on any atom is -0.378 e. The van der Waals surface area contributed by atoms with Crippen molar-refractivity contribution in [1.82, 2.24) is 20.2 Å². The van der Waals surface area contributed by atoms with Gasteiger partial charge in [0.2, 0.25) is 0 Å². The van der Waals surface area contributed by atoms with Crippen molar-refractivity contribution in [3.8, 4) is 0 Å². The van der Waals surface area contributed by atoms with Gasteiger partial charge in [-0.2, -0.15) is 0 Å². The first kappa shape index (κ1) is 22.0. The molecule has 4 rings (SSSR count). The molecule has 7 nitrogen and oxygen atoms in total. The van der Waals surface area contributed by atoms with Crippen molar-refractivity contribution in [1.29, 1.82) is 0 Å². The number of rotatable bonds is 9. The third-order valence-corrected chi connectivity index (χ3v) is 6.59. The summed E-state index contributed by atoms with van der Waals surface area (Å²) in [6.45, 7) is 5.23. The van der Waals surface area contributed by atoms with Crippen molar-refractivity contribution in [2.24, 2.45) is 5.92 Å². The molecule has 166 valence electrons. The van der Waals surface area contributed by atoms with Crippen LogP contribution in [0.4, 0.5) is 5.82 Å². The van der Waals surface area contributed by atoms with Crippen molar-refractivity contribution in [2.75, 3.05) is 51.8 Å². The lowest BCUT2D eigenvalue weighted by atomic mass is 10.1. The average molecular weight is 442 g/mol. The van der Waals surface area contributed by atoms with E-state index in [4.69, 9.17) is 9.72 Å². The van der Waals surface area contributed by atoms with E-state index in [0.29, 0.717) is 23.8 Å². The maximum absolute atomic E-state index is 12.4. The molecule has 1 amide bonds. The molecule has 1 aliphatic carbocycles. The van der Waals surface area contributed by atoms with Gasteiger partial charge in [-0.1, -0.05) is 23.9 Å². The monoisotopic (exact) mass is 441 g/mol. The van der Waals surface area contributed by atoms with Gasteiger partial charge in [-0.3, -0.25) is 4.79 Å². The number of anilines is 1. The molecule has 0 bridgehead atoms. The molecule has 1 N–H and O–H groups in total. The summed E-state index contributed by atoms with van der Waals surface area (Å²) in [5, 5.41) is 3.78. The first-order chi connectivity index (χ1) is 15.1. The van der Waals surface area contributed by atoms with Gasteiger partial charge in [-0.15, -0.1) is 0 Å². The van der Waals surface area contributed by atoms with E-state index in [-0.39, 0.29) is 5.91 Å². The highest BCUT2D eigenvalue weighted by atomic mass is 32.2. The second-order valence-electron chi connectivity index (χ2n) is 8.37. The summed E-state index contributed by atoms with van der Waals surface area (Å²) in [5.41, 5.74) is 2.69. The Kier molecular flexibility index (Phi) is 7.42. The van der Waals surface area contributed by atoms with Gasteiger partial charge in [0.25, 0.3) is 5.91 Å². The number of methoxy groups -OCH3 is 1. The number of hydrogen-bond donors (Lipinski definition) is 1. The molecule has 31 heavy (non-hydrogen) atoms. The smallest absolute Gasteiger partial charge is 0.251 e. The minimum atomic E-state index is 0.00875. The van der Waals surface area contributed by atoms with Crippen LogP contribution in [0.5, 0.6) is 0 Å². The molecule has 0 spiro atoms. The molecule has 2 aromatic rings. The molecule has 1 saturated carbocycles. The SMILES string of the molecule is COCc1cc(N2CCN(C)CC2)nc(SCc2cccc(C(=O)NCC3CC3)c2)n1. The summed E-state index contributed by atoms with van der Waals surface area (Å²) in [5.74, 6) is 2.36. The standard InChI is InChI=1S/C23H31N5O2S/c1-27-8-10-28(11-9-27)21-13-20(15-30-2)25-23(26-21)31-16-18-4-3-5-19(12-18)22(29)24-14-17-6-7-17/h3-5,12-13,17H,6-11,14-16H2,1-2H3,(H,24,29). The van der Waals surface area contributed by atoms with Crippen LogP contribution >= 0.6 is 11.8 Å². The van der Waals surface area contributed by atoms with Crippen LogP contribution < -0.4 is 10.2 Å². The molecule has 1 aromatic carbocycles. The third kappa shape index (κ3) is 6.41. The Labute approximate surface area is 188 Å². The van der Waals surface area contributed by atoms with Crippen molar-refractivity contribution in [3.05, 3.63) is 47.2 Å². The Morgan fingerprint density at radius 1 is 1.19 bits per heavy atom. The fourth-order valence-corrected chi connectivity index (χ4v) is 4.37. The first-order valence-corrected chi connectivity index (χ1v) is 11.9. The van der Waals surface area contributed by atoms with Crippen molar-refractivity contribution in [2.45, 2.75) is 30.4 Å². The minimum absolute atomic E-state index is 0.00875. The zero-order chi connectivity index (χ0) is 21.6. The average Bonchev–Trinajstić information content (AvgIpc) is 3.61. The van der Waals surface area contributed by atoms with Gasteiger partial charge in [0.1, 0.15) is 5.82 Å². The van der Waals surface area contributed by atoms with Crippen LogP contribution in [0.25, 0.3) is 0 Å². The molecule has 1 aliphatic heterocycles. The molecule has 8 heteroatoms. The predicted octanol–water partition coefficient (Wildman–Crippen LogP) is 2.81. The highest BCUT2D eigenvalue weighted by Gasteiger charge is 2.22. The zero-order valence-electron chi connectivity index (χ0n) is 18.3. The maximum Gasteiger partial charge on any atom is 0.251 e. The van der Waals surface area contributed by atoms with Crippen molar-refractivity contribution in [3.63, 3.8) is 0 Å². The van der Waals surface area contributed by atoms with E-state index >= 15 is 0 Å². The Morgan fingerprint density at radius 2 is 2.00 bits per heavy atom. The topological polar surface area (TPSA) is 70.6 Å². The number of carbonyl (C=O) groups excluding carboxylic acids is 1. The number of piperazine rings is 1. The van der Waals surface area contributed by atoms with Gasteiger partial charge in [0.05, 0.1) is 12.3 Å². The maximum atomic E-state index is 12.4. The van der Waals surface area contributed by atoms with Crippen LogP contribution in [0.3, 0.4) is 0 Å². The first-order valence-electron chi connectivity index (χ1n) is 10.9. The molecule has 1 aromatic heterocycles. The highest BCUT2D eigenvalue weighted by Crippen LogP contribution is 2.28. The van der Waals surface area contributed by atoms with Crippen LogP contribution in [0.2, 0.25) is 0 Å². The highest BCUT2D eigenvalue weighted by molar-refractivity contribution is 7.98. The number of aromatic nitrogens is 2. The van der Waals surface area contributed by atoms with Crippen LogP contribution in [-0.2, 0) is 17.1 Å². The number of benzene rings is 1. The second kappa shape index (κ2) is 10.4. The Bertz CT molecular complexity index is 897. The van der Waals surface area contributed by atoms with Gasteiger partial charge < -0.3 is 19.9 Å². The molecular weight excluding hydrogens is 410 g/mol. The van der Waals surface area contributed by atoms with Crippen LogP contribution in [0, 0.1) is 5.92 Å².